The molecule has 1 heterocycles. The van der Waals surface area contributed by atoms with E-state index in [9.17, 15) is 4.79 Å². The minimum absolute atomic E-state index is 0.0272. The highest BCUT2D eigenvalue weighted by atomic mass is 79.9. The third-order valence-corrected chi connectivity index (χ3v) is 4.25. The summed E-state index contributed by atoms with van der Waals surface area (Å²) in [5.74, 6) is 0.184. The van der Waals surface area contributed by atoms with Gasteiger partial charge in [-0.3, -0.25) is 4.79 Å². The fourth-order valence-electron chi connectivity index (χ4n) is 2.74. The first-order valence-electron chi connectivity index (χ1n) is 6.93. The molecule has 1 amide bonds. The maximum absolute atomic E-state index is 12.3. The molecule has 0 radical (unpaired) electrons. The van der Waals surface area contributed by atoms with Gasteiger partial charge in [-0.2, -0.15) is 0 Å². The predicted molar refractivity (Wildman–Crippen MR) is 86.1 cm³/mol. The lowest BCUT2D eigenvalue weighted by molar-refractivity contribution is -0.118. The van der Waals surface area contributed by atoms with Gasteiger partial charge in [-0.05, 0) is 48.0 Å². The van der Waals surface area contributed by atoms with Crippen LogP contribution in [0.25, 0.3) is 10.8 Å². The first-order valence-corrected chi connectivity index (χ1v) is 7.72. The second-order valence-corrected chi connectivity index (χ2v) is 5.98. The van der Waals surface area contributed by atoms with E-state index in [1.54, 1.807) is 0 Å². The van der Waals surface area contributed by atoms with Crippen LogP contribution in [-0.4, -0.2) is 25.0 Å². The molecule has 104 valence electrons. The maximum Gasteiger partial charge on any atom is 0.244 e. The molecule has 1 N–H and O–H groups in total. The van der Waals surface area contributed by atoms with E-state index in [-0.39, 0.29) is 11.9 Å². The second-order valence-electron chi connectivity index (χ2n) is 5.06. The van der Waals surface area contributed by atoms with Crippen LogP contribution < -0.4 is 10.2 Å². The fraction of sp³-hybridized carbons (Fsp3) is 0.312. The molecule has 2 aromatic carbocycles. The van der Waals surface area contributed by atoms with Crippen LogP contribution in [0.4, 0.5) is 5.69 Å². The molecule has 1 fully saturated rings. The topological polar surface area (TPSA) is 32.3 Å². The number of amides is 1. The van der Waals surface area contributed by atoms with Gasteiger partial charge in [0.25, 0.3) is 0 Å². The van der Waals surface area contributed by atoms with Crippen molar-refractivity contribution < 1.29 is 4.79 Å². The van der Waals surface area contributed by atoms with Crippen LogP contribution >= 0.6 is 15.9 Å². The van der Waals surface area contributed by atoms with Crippen LogP contribution in [0.15, 0.2) is 40.9 Å². The Bertz CT molecular complexity index is 656. The highest BCUT2D eigenvalue weighted by Crippen LogP contribution is 2.27. The minimum Gasteiger partial charge on any atom is -0.311 e. The third-order valence-electron chi connectivity index (χ3n) is 3.75. The van der Waals surface area contributed by atoms with Gasteiger partial charge in [0.15, 0.2) is 0 Å². The number of carbonyl (C=O) groups excluding carboxylic acids is 1. The molecule has 0 bridgehead atoms. The summed E-state index contributed by atoms with van der Waals surface area (Å²) in [7, 11) is 0. The molecule has 0 aromatic heterocycles. The van der Waals surface area contributed by atoms with E-state index in [0.29, 0.717) is 0 Å². The molecule has 1 unspecified atom stereocenters. The molecule has 3 rings (SSSR count). The first kappa shape index (κ1) is 13.6. The van der Waals surface area contributed by atoms with Crippen molar-refractivity contribution in [1.29, 1.82) is 0 Å². The number of halogens is 1. The molecule has 20 heavy (non-hydrogen) atoms. The Balaban J connectivity index is 1.91. The Labute approximate surface area is 127 Å². The number of rotatable bonds is 3. The van der Waals surface area contributed by atoms with Gasteiger partial charge in [0.1, 0.15) is 0 Å². The monoisotopic (exact) mass is 332 g/mol. The zero-order valence-electron chi connectivity index (χ0n) is 11.4. The number of hydrogen-bond acceptors (Lipinski definition) is 2. The van der Waals surface area contributed by atoms with Crippen LogP contribution in [0.1, 0.15) is 13.3 Å². The average molecular weight is 333 g/mol. The zero-order chi connectivity index (χ0) is 14.1. The smallest absolute Gasteiger partial charge is 0.244 e. The quantitative estimate of drug-likeness (QED) is 0.935. The van der Waals surface area contributed by atoms with Gasteiger partial charge in [0.2, 0.25) is 5.91 Å². The molecule has 0 aliphatic carbocycles. The van der Waals surface area contributed by atoms with Crippen LogP contribution in [0.3, 0.4) is 0 Å². The largest absolute Gasteiger partial charge is 0.311 e. The number of likely N-dealkylation sites (N-methyl/N-ethyl adjacent to an activating group) is 1. The highest BCUT2D eigenvalue weighted by molar-refractivity contribution is 9.10. The molecule has 0 saturated carbocycles. The van der Waals surface area contributed by atoms with Crippen molar-refractivity contribution in [3.63, 3.8) is 0 Å². The van der Waals surface area contributed by atoms with Gasteiger partial charge < -0.3 is 10.2 Å². The van der Waals surface area contributed by atoms with E-state index < -0.39 is 0 Å². The number of anilines is 1. The summed E-state index contributed by atoms with van der Waals surface area (Å²) >= 11 is 3.48. The molecule has 1 saturated heterocycles. The number of carbonyl (C=O) groups is 1. The number of hydrogen-bond donors (Lipinski definition) is 1. The Morgan fingerprint density at radius 1 is 1.25 bits per heavy atom. The summed E-state index contributed by atoms with van der Waals surface area (Å²) in [6.07, 6.45) is 0.880. The van der Waals surface area contributed by atoms with Crippen molar-refractivity contribution in [2.24, 2.45) is 0 Å². The van der Waals surface area contributed by atoms with Crippen molar-refractivity contribution in [3.05, 3.63) is 40.9 Å². The number of fused-ring (bicyclic) bond motifs is 1. The van der Waals surface area contributed by atoms with Crippen LogP contribution in [0.5, 0.6) is 0 Å². The molecule has 3 nitrogen and oxygen atoms in total. The van der Waals surface area contributed by atoms with Gasteiger partial charge in [0, 0.05) is 16.7 Å². The van der Waals surface area contributed by atoms with Crippen molar-refractivity contribution in [1.82, 2.24) is 5.32 Å². The van der Waals surface area contributed by atoms with Gasteiger partial charge in [-0.25, -0.2) is 0 Å². The predicted octanol–water partition coefficient (Wildman–Crippen LogP) is 3.32. The van der Waals surface area contributed by atoms with Crippen LogP contribution in [0.2, 0.25) is 0 Å². The summed E-state index contributed by atoms with van der Waals surface area (Å²) in [5, 5.41) is 5.58. The van der Waals surface area contributed by atoms with Gasteiger partial charge in [-0.1, -0.05) is 35.0 Å². The maximum atomic E-state index is 12.3. The summed E-state index contributed by atoms with van der Waals surface area (Å²) in [6.45, 7) is 3.65. The molecular formula is C16H17BrN2O. The fourth-order valence-corrected chi connectivity index (χ4v) is 3.12. The second kappa shape index (κ2) is 5.54. The Hall–Kier alpha value is -1.39. The molecule has 0 spiro atoms. The Morgan fingerprint density at radius 3 is 2.80 bits per heavy atom. The highest BCUT2D eigenvalue weighted by Gasteiger charge is 2.31. The third kappa shape index (κ3) is 2.45. The minimum atomic E-state index is -0.0272. The summed E-state index contributed by atoms with van der Waals surface area (Å²) < 4.78 is 1.07. The van der Waals surface area contributed by atoms with Gasteiger partial charge >= 0.3 is 0 Å². The normalized spacial score (nSPS) is 19.0. The van der Waals surface area contributed by atoms with E-state index >= 15 is 0 Å². The Morgan fingerprint density at radius 2 is 2.00 bits per heavy atom. The summed E-state index contributed by atoms with van der Waals surface area (Å²) in [6, 6.07) is 12.4. The van der Waals surface area contributed by atoms with E-state index in [1.807, 2.05) is 24.0 Å². The van der Waals surface area contributed by atoms with Crippen molar-refractivity contribution in [3.8, 4) is 0 Å². The van der Waals surface area contributed by atoms with Crippen molar-refractivity contribution in [2.75, 3.05) is 18.0 Å². The lowest BCUT2D eigenvalue weighted by atomic mass is 10.1. The molecule has 1 aliphatic rings. The number of nitrogens with zero attached hydrogens (tertiary/aromatic N) is 1. The molecular weight excluding hydrogens is 316 g/mol. The number of benzene rings is 2. The van der Waals surface area contributed by atoms with E-state index in [2.05, 4.69) is 45.5 Å². The van der Waals surface area contributed by atoms with Gasteiger partial charge in [-0.15, -0.1) is 0 Å². The average Bonchev–Trinajstić information content (AvgIpc) is 2.80. The number of nitrogens with one attached hydrogen (secondary N) is 1. The SMILES string of the molecule is CCNC1CCN(c2ccc3cc(Br)ccc3c2)C1=O. The Kier molecular flexibility index (Phi) is 3.76. The standard InChI is InChI=1S/C16H17BrN2O/c1-2-18-15-7-8-19(16(15)20)14-6-4-11-9-13(17)5-3-12(11)10-14/h3-6,9-10,15,18H,2,7-8H2,1H3. The van der Waals surface area contributed by atoms with Crippen molar-refractivity contribution >= 4 is 38.3 Å². The van der Waals surface area contributed by atoms with Crippen LogP contribution in [-0.2, 0) is 4.79 Å². The first-order chi connectivity index (χ1) is 9.69. The molecule has 1 atom stereocenters. The van der Waals surface area contributed by atoms with Crippen molar-refractivity contribution in [2.45, 2.75) is 19.4 Å². The lowest BCUT2D eigenvalue weighted by Gasteiger charge is -2.17. The van der Waals surface area contributed by atoms with E-state index in [1.165, 1.54) is 5.39 Å². The van der Waals surface area contributed by atoms with E-state index in [4.69, 9.17) is 0 Å². The zero-order valence-corrected chi connectivity index (χ0v) is 13.0. The lowest BCUT2D eigenvalue weighted by Crippen LogP contribution is -2.38. The summed E-state index contributed by atoms with van der Waals surface area (Å²) in [4.78, 5) is 14.2. The van der Waals surface area contributed by atoms with Gasteiger partial charge in [0.05, 0.1) is 6.04 Å². The molecule has 2 aromatic rings. The van der Waals surface area contributed by atoms with Crippen LogP contribution in [0, 0.1) is 0 Å². The molecule has 1 aliphatic heterocycles. The van der Waals surface area contributed by atoms with E-state index in [0.717, 1.165) is 35.1 Å². The summed E-state index contributed by atoms with van der Waals surface area (Å²) in [5.41, 5.74) is 0.991. The molecule has 4 heteroatoms.